The average Bonchev–Trinajstić information content (AvgIpc) is 3.15. The topological polar surface area (TPSA) is 8.81 Å². The Bertz CT molecular complexity index is 1300. The van der Waals surface area contributed by atoms with Gasteiger partial charge in [0, 0.05) is 9.79 Å². The van der Waals surface area contributed by atoms with Crippen LogP contribution in [0.4, 0.5) is 0 Å². The predicted molar refractivity (Wildman–Crippen MR) is 145 cm³/mol. The Labute approximate surface area is 209 Å². The van der Waals surface area contributed by atoms with Gasteiger partial charge in [-0.2, -0.15) is 4.57 Å². The summed E-state index contributed by atoms with van der Waals surface area (Å²) in [5, 5.41) is 0. The van der Waals surface area contributed by atoms with Gasteiger partial charge in [0.15, 0.2) is 0 Å². The van der Waals surface area contributed by atoms with Gasteiger partial charge in [0.05, 0.1) is 12.6 Å². The van der Waals surface area contributed by atoms with E-state index in [0.29, 0.717) is 0 Å². The second kappa shape index (κ2) is 9.46. The number of hydrogen-bond donors (Lipinski definition) is 0. The van der Waals surface area contributed by atoms with E-state index in [2.05, 4.69) is 132 Å². The molecule has 0 aliphatic rings. The van der Waals surface area contributed by atoms with Gasteiger partial charge in [-0.25, -0.2) is 4.57 Å². The summed E-state index contributed by atoms with van der Waals surface area (Å²) in [5.41, 5.74) is 9.24. The van der Waals surface area contributed by atoms with Gasteiger partial charge < -0.3 is 0 Å². The van der Waals surface area contributed by atoms with Crippen molar-refractivity contribution in [2.75, 3.05) is 0 Å². The van der Waals surface area contributed by atoms with Gasteiger partial charge in [0.2, 0.25) is 0 Å². The van der Waals surface area contributed by atoms with Gasteiger partial charge >= 0.3 is 0 Å². The van der Waals surface area contributed by atoms with Crippen LogP contribution in [-0.2, 0) is 12.5 Å². The van der Waals surface area contributed by atoms with Gasteiger partial charge in [-0.05, 0) is 80.5 Å². The normalized spacial score (nSPS) is 11.8. The Morgan fingerprint density at radius 2 is 1.44 bits per heavy atom. The predicted octanol–water partition coefficient (Wildman–Crippen LogP) is 8.04. The molecular weight excluding hydrogens is 432 g/mol. The van der Waals surface area contributed by atoms with Crippen molar-refractivity contribution in [1.82, 2.24) is 4.57 Å². The molecule has 1 aromatic heterocycles. The zero-order chi connectivity index (χ0) is 24.6. The molecule has 3 heteroatoms. The number of rotatable bonds is 6. The molecule has 4 rings (SSSR count). The lowest BCUT2D eigenvalue weighted by atomic mass is 9.79. The molecule has 0 spiro atoms. The Kier molecular flexibility index (Phi) is 6.78. The molecule has 0 fully saturated rings. The summed E-state index contributed by atoms with van der Waals surface area (Å²) < 4.78 is 4.65. The Morgan fingerprint density at radius 1 is 0.824 bits per heavy atom. The third kappa shape index (κ3) is 4.72. The van der Waals surface area contributed by atoms with Crippen molar-refractivity contribution >= 4 is 11.8 Å². The molecule has 176 valence electrons. The summed E-state index contributed by atoms with van der Waals surface area (Å²) in [6.07, 6.45) is 5.47. The molecular formula is C31H37N2S+. The monoisotopic (exact) mass is 469 g/mol. The SMILES string of the molecule is CCC(C)(C)c1ccc(Sc2ccc(C)cc2)cc1-c1n(-c2c(C)cc(C)cc2C)cc[n+]1C. The number of imidazole rings is 1. The van der Waals surface area contributed by atoms with E-state index in [4.69, 9.17) is 0 Å². The third-order valence-corrected chi connectivity index (χ3v) is 7.98. The largest absolute Gasteiger partial charge is 0.294 e. The summed E-state index contributed by atoms with van der Waals surface area (Å²) in [5.74, 6) is 1.22. The van der Waals surface area contributed by atoms with Crippen molar-refractivity contribution < 1.29 is 4.57 Å². The molecule has 3 aromatic carbocycles. The highest BCUT2D eigenvalue weighted by atomic mass is 32.2. The summed E-state index contributed by atoms with van der Waals surface area (Å²) in [4.78, 5) is 2.53. The highest BCUT2D eigenvalue weighted by molar-refractivity contribution is 7.99. The highest BCUT2D eigenvalue weighted by Gasteiger charge is 2.30. The molecule has 0 aliphatic heterocycles. The van der Waals surface area contributed by atoms with Crippen LogP contribution in [0.25, 0.3) is 17.1 Å². The van der Waals surface area contributed by atoms with Gasteiger partial charge in [-0.1, -0.05) is 74.0 Å². The quantitative estimate of drug-likeness (QED) is 0.260. The van der Waals surface area contributed by atoms with Crippen LogP contribution in [-0.4, -0.2) is 4.57 Å². The number of aryl methyl sites for hydroxylation is 5. The van der Waals surface area contributed by atoms with E-state index in [1.807, 2.05) is 11.8 Å². The van der Waals surface area contributed by atoms with Crippen LogP contribution in [0, 0.1) is 27.7 Å². The molecule has 4 aromatic rings. The molecule has 0 N–H and O–H groups in total. The van der Waals surface area contributed by atoms with Crippen LogP contribution in [0.3, 0.4) is 0 Å². The highest BCUT2D eigenvalue weighted by Crippen LogP contribution is 2.39. The zero-order valence-corrected chi connectivity index (χ0v) is 22.7. The van der Waals surface area contributed by atoms with Crippen LogP contribution < -0.4 is 4.57 Å². The van der Waals surface area contributed by atoms with Crippen molar-refractivity contribution in [3.8, 4) is 17.1 Å². The fraction of sp³-hybridized carbons (Fsp3) is 0.323. The van der Waals surface area contributed by atoms with Gasteiger partial charge in [0.1, 0.15) is 18.1 Å². The van der Waals surface area contributed by atoms with E-state index < -0.39 is 0 Å². The lowest BCUT2D eigenvalue weighted by Gasteiger charge is -2.26. The molecule has 2 nitrogen and oxygen atoms in total. The van der Waals surface area contributed by atoms with Crippen molar-refractivity contribution in [2.24, 2.45) is 7.05 Å². The Morgan fingerprint density at radius 3 is 2.06 bits per heavy atom. The summed E-state index contributed by atoms with van der Waals surface area (Å²) in [6, 6.07) is 20.4. The molecule has 34 heavy (non-hydrogen) atoms. The molecule has 0 saturated heterocycles. The van der Waals surface area contributed by atoms with E-state index >= 15 is 0 Å². The summed E-state index contributed by atoms with van der Waals surface area (Å²) >= 11 is 1.83. The molecule has 0 atom stereocenters. The minimum atomic E-state index is 0.0713. The van der Waals surface area contributed by atoms with Crippen LogP contribution in [0.5, 0.6) is 0 Å². The maximum absolute atomic E-state index is 2.39. The molecule has 0 amide bonds. The maximum atomic E-state index is 2.39. The molecule has 0 bridgehead atoms. The van der Waals surface area contributed by atoms with E-state index in [0.717, 1.165) is 6.42 Å². The molecule has 0 radical (unpaired) electrons. The van der Waals surface area contributed by atoms with Crippen LogP contribution in [0.2, 0.25) is 0 Å². The number of hydrogen-bond acceptors (Lipinski definition) is 1. The smallest absolute Gasteiger partial charge is 0.232 e. The van der Waals surface area contributed by atoms with Crippen molar-refractivity contribution in [1.29, 1.82) is 0 Å². The fourth-order valence-corrected chi connectivity index (χ4v) is 5.68. The minimum absolute atomic E-state index is 0.0713. The number of benzene rings is 3. The van der Waals surface area contributed by atoms with E-state index in [-0.39, 0.29) is 5.41 Å². The molecule has 0 unspecified atom stereocenters. The summed E-state index contributed by atoms with van der Waals surface area (Å²) in [6.45, 7) is 15.7. The molecule has 0 aliphatic carbocycles. The Hall–Kier alpha value is -2.78. The second-order valence-corrected chi connectivity index (χ2v) is 11.4. The first kappa shape index (κ1) is 24.3. The average molecular weight is 470 g/mol. The summed E-state index contributed by atoms with van der Waals surface area (Å²) in [7, 11) is 2.16. The van der Waals surface area contributed by atoms with Gasteiger partial charge in [-0.3, -0.25) is 0 Å². The minimum Gasteiger partial charge on any atom is -0.232 e. The second-order valence-electron chi connectivity index (χ2n) is 10.2. The lowest BCUT2D eigenvalue weighted by molar-refractivity contribution is -0.659. The third-order valence-electron chi connectivity index (χ3n) is 6.98. The van der Waals surface area contributed by atoms with Crippen LogP contribution >= 0.6 is 11.8 Å². The van der Waals surface area contributed by atoms with Crippen molar-refractivity contribution in [3.63, 3.8) is 0 Å². The first-order chi connectivity index (χ1) is 16.1. The van der Waals surface area contributed by atoms with E-state index in [1.165, 1.54) is 54.7 Å². The Balaban J connectivity index is 1.93. The zero-order valence-electron chi connectivity index (χ0n) is 21.9. The molecule has 0 saturated carbocycles. The maximum Gasteiger partial charge on any atom is 0.294 e. The standard InChI is InChI=1S/C31H37N2S/c1-9-31(6,7)28-15-14-26(34-25-12-10-21(2)11-13-25)20-27(28)30-32(8)16-17-33(30)29-23(4)18-22(3)19-24(29)5/h10-20H,9H2,1-8H3/q+1. The fourth-order valence-electron chi connectivity index (χ4n) is 4.83. The van der Waals surface area contributed by atoms with E-state index in [9.17, 15) is 0 Å². The number of nitrogens with zero attached hydrogens (tertiary/aromatic N) is 2. The number of aromatic nitrogens is 2. The first-order valence-electron chi connectivity index (χ1n) is 12.2. The van der Waals surface area contributed by atoms with Crippen LogP contribution in [0.1, 0.15) is 55.0 Å². The van der Waals surface area contributed by atoms with Gasteiger partial charge in [0.25, 0.3) is 5.82 Å². The van der Waals surface area contributed by atoms with Crippen molar-refractivity contribution in [3.05, 3.63) is 94.8 Å². The van der Waals surface area contributed by atoms with E-state index in [1.54, 1.807) is 0 Å². The van der Waals surface area contributed by atoms with Crippen molar-refractivity contribution in [2.45, 2.75) is 70.1 Å². The van der Waals surface area contributed by atoms with Gasteiger partial charge in [-0.15, -0.1) is 0 Å². The first-order valence-corrected chi connectivity index (χ1v) is 13.0. The lowest BCUT2D eigenvalue weighted by Crippen LogP contribution is -2.30. The van der Waals surface area contributed by atoms with Crippen LogP contribution in [0.15, 0.2) is 76.8 Å². The molecule has 1 heterocycles.